The summed E-state index contributed by atoms with van der Waals surface area (Å²) in [5.41, 5.74) is 0.890. The summed E-state index contributed by atoms with van der Waals surface area (Å²) in [5.74, 6) is 0. The Hall–Kier alpha value is -0.280. The van der Waals surface area contributed by atoms with Gasteiger partial charge in [-0.1, -0.05) is 36.2 Å². The molecule has 0 saturated heterocycles. The summed E-state index contributed by atoms with van der Waals surface area (Å²) < 4.78 is 5.47. The van der Waals surface area contributed by atoms with E-state index < -0.39 is 6.10 Å². The van der Waals surface area contributed by atoms with Gasteiger partial charge in [0.1, 0.15) is 0 Å². The second-order valence-corrected chi connectivity index (χ2v) is 4.75. The number of ether oxygens (including phenoxy) is 1. The Balaban J connectivity index is 2.69. The van der Waals surface area contributed by atoms with Crippen LogP contribution in [0.2, 0.25) is 10.0 Å². The van der Waals surface area contributed by atoms with Gasteiger partial charge in [-0.25, -0.2) is 0 Å². The molecule has 1 aromatic carbocycles. The van der Waals surface area contributed by atoms with E-state index in [4.69, 9.17) is 27.9 Å². The van der Waals surface area contributed by atoms with Crippen LogP contribution in [0, 0.1) is 0 Å². The molecule has 0 amide bonds. The van der Waals surface area contributed by atoms with Gasteiger partial charge in [-0.05, 0) is 31.0 Å². The molecule has 0 radical (unpaired) electrons. The highest BCUT2D eigenvalue weighted by Gasteiger charge is 2.19. The Morgan fingerprint density at radius 1 is 1.29 bits per heavy atom. The van der Waals surface area contributed by atoms with Gasteiger partial charge < -0.3 is 9.84 Å². The average Bonchev–Trinajstić information content (AvgIpc) is 2.29. The standard InChI is InChI=1S/C13H18Cl2O2/c1-3-13(17-4-2)12(16)7-9-5-6-10(14)8-11(9)15/h5-6,8,12-13,16H,3-4,7H2,1-2H3. The molecule has 0 aliphatic heterocycles. The van der Waals surface area contributed by atoms with Crippen LogP contribution in [0.1, 0.15) is 25.8 Å². The number of halogens is 2. The Labute approximate surface area is 113 Å². The number of aliphatic hydroxyl groups is 1. The summed E-state index contributed by atoms with van der Waals surface area (Å²) in [6, 6.07) is 5.30. The van der Waals surface area contributed by atoms with Gasteiger partial charge in [0.25, 0.3) is 0 Å². The number of hydrogen-bond donors (Lipinski definition) is 1. The molecule has 2 unspecified atom stereocenters. The molecule has 1 N–H and O–H groups in total. The molecule has 0 aliphatic rings. The van der Waals surface area contributed by atoms with Gasteiger partial charge in [0.15, 0.2) is 0 Å². The Bertz CT molecular complexity index is 355. The maximum Gasteiger partial charge on any atom is 0.0842 e. The zero-order valence-electron chi connectivity index (χ0n) is 10.1. The largest absolute Gasteiger partial charge is 0.390 e. The smallest absolute Gasteiger partial charge is 0.0842 e. The molecule has 0 aliphatic carbocycles. The van der Waals surface area contributed by atoms with Crippen molar-refractivity contribution in [3.63, 3.8) is 0 Å². The third kappa shape index (κ3) is 4.47. The van der Waals surface area contributed by atoms with Gasteiger partial charge in [0.2, 0.25) is 0 Å². The highest BCUT2D eigenvalue weighted by atomic mass is 35.5. The van der Waals surface area contributed by atoms with Crippen LogP contribution in [-0.4, -0.2) is 23.9 Å². The zero-order chi connectivity index (χ0) is 12.8. The molecule has 0 saturated carbocycles. The Morgan fingerprint density at radius 2 is 2.00 bits per heavy atom. The van der Waals surface area contributed by atoms with Crippen molar-refractivity contribution >= 4 is 23.2 Å². The first kappa shape index (κ1) is 14.8. The molecule has 1 rings (SSSR count). The zero-order valence-corrected chi connectivity index (χ0v) is 11.6. The van der Waals surface area contributed by atoms with Gasteiger partial charge in [-0.3, -0.25) is 0 Å². The predicted octanol–water partition coefficient (Wildman–Crippen LogP) is 3.71. The quantitative estimate of drug-likeness (QED) is 0.858. The van der Waals surface area contributed by atoms with Crippen molar-refractivity contribution in [2.75, 3.05) is 6.61 Å². The van der Waals surface area contributed by atoms with Crippen LogP contribution in [-0.2, 0) is 11.2 Å². The summed E-state index contributed by atoms with van der Waals surface area (Å²) >= 11 is 11.9. The van der Waals surface area contributed by atoms with Crippen molar-refractivity contribution in [2.24, 2.45) is 0 Å². The van der Waals surface area contributed by atoms with E-state index in [1.165, 1.54) is 0 Å². The number of hydrogen-bond acceptors (Lipinski definition) is 2. The minimum absolute atomic E-state index is 0.147. The highest BCUT2D eigenvalue weighted by molar-refractivity contribution is 6.35. The van der Waals surface area contributed by atoms with Crippen LogP contribution in [0.4, 0.5) is 0 Å². The Kier molecular flexibility index (Phi) is 6.28. The maximum absolute atomic E-state index is 10.1. The van der Waals surface area contributed by atoms with E-state index >= 15 is 0 Å². The summed E-state index contributed by atoms with van der Waals surface area (Å²) in [7, 11) is 0. The van der Waals surface area contributed by atoms with Crippen LogP contribution in [0.25, 0.3) is 0 Å². The third-order valence-electron chi connectivity index (χ3n) is 2.66. The molecule has 4 heteroatoms. The lowest BCUT2D eigenvalue weighted by Gasteiger charge is -2.22. The van der Waals surface area contributed by atoms with Crippen molar-refractivity contribution in [2.45, 2.75) is 38.9 Å². The second kappa shape index (κ2) is 7.22. The van der Waals surface area contributed by atoms with Crippen molar-refractivity contribution < 1.29 is 9.84 Å². The summed E-state index contributed by atoms with van der Waals surface area (Å²) in [6.45, 7) is 4.52. The monoisotopic (exact) mass is 276 g/mol. The van der Waals surface area contributed by atoms with E-state index in [9.17, 15) is 5.11 Å². The first-order chi connectivity index (χ1) is 8.08. The first-order valence-corrected chi connectivity index (χ1v) is 6.57. The predicted molar refractivity (Wildman–Crippen MR) is 71.9 cm³/mol. The molecule has 2 nitrogen and oxygen atoms in total. The molecular formula is C13H18Cl2O2. The van der Waals surface area contributed by atoms with E-state index in [0.717, 1.165) is 12.0 Å². The van der Waals surface area contributed by atoms with E-state index in [1.807, 2.05) is 19.9 Å². The number of aliphatic hydroxyl groups excluding tert-OH is 1. The molecule has 2 atom stereocenters. The highest BCUT2D eigenvalue weighted by Crippen LogP contribution is 2.23. The van der Waals surface area contributed by atoms with E-state index in [0.29, 0.717) is 23.1 Å². The van der Waals surface area contributed by atoms with Crippen LogP contribution < -0.4 is 0 Å². The van der Waals surface area contributed by atoms with E-state index in [2.05, 4.69) is 0 Å². The van der Waals surface area contributed by atoms with Gasteiger partial charge in [0.05, 0.1) is 12.2 Å². The van der Waals surface area contributed by atoms with Gasteiger partial charge >= 0.3 is 0 Å². The van der Waals surface area contributed by atoms with Crippen molar-refractivity contribution in [3.05, 3.63) is 33.8 Å². The van der Waals surface area contributed by atoms with Crippen molar-refractivity contribution in [1.82, 2.24) is 0 Å². The van der Waals surface area contributed by atoms with Gasteiger partial charge in [0, 0.05) is 23.1 Å². The fourth-order valence-corrected chi connectivity index (χ4v) is 2.24. The molecule has 17 heavy (non-hydrogen) atoms. The summed E-state index contributed by atoms with van der Waals surface area (Å²) in [6.07, 6.45) is 0.569. The molecule has 0 bridgehead atoms. The first-order valence-electron chi connectivity index (χ1n) is 5.82. The molecule has 0 fully saturated rings. The minimum Gasteiger partial charge on any atom is -0.390 e. The molecule has 96 valence electrons. The fraction of sp³-hybridized carbons (Fsp3) is 0.538. The van der Waals surface area contributed by atoms with Crippen LogP contribution >= 0.6 is 23.2 Å². The summed E-state index contributed by atoms with van der Waals surface area (Å²) in [5, 5.41) is 11.3. The summed E-state index contributed by atoms with van der Waals surface area (Å²) in [4.78, 5) is 0. The van der Waals surface area contributed by atoms with Gasteiger partial charge in [-0.15, -0.1) is 0 Å². The average molecular weight is 277 g/mol. The lowest BCUT2D eigenvalue weighted by atomic mass is 10.0. The van der Waals surface area contributed by atoms with Crippen LogP contribution in [0.5, 0.6) is 0 Å². The lowest BCUT2D eigenvalue weighted by molar-refractivity contribution is -0.0334. The normalized spacial score (nSPS) is 14.6. The SMILES string of the molecule is CCOC(CC)C(O)Cc1ccc(Cl)cc1Cl. The number of rotatable bonds is 6. The maximum atomic E-state index is 10.1. The molecule has 1 aromatic rings. The molecule has 0 heterocycles. The number of benzene rings is 1. The third-order valence-corrected chi connectivity index (χ3v) is 3.24. The molecule has 0 aromatic heterocycles. The second-order valence-electron chi connectivity index (χ2n) is 3.91. The molecular weight excluding hydrogens is 259 g/mol. The lowest BCUT2D eigenvalue weighted by Crippen LogP contribution is -2.30. The fourth-order valence-electron chi connectivity index (χ4n) is 1.76. The van der Waals surface area contributed by atoms with Crippen LogP contribution in [0.15, 0.2) is 18.2 Å². The van der Waals surface area contributed by atoms with Crippen molar-refractivity contribution in [3.8, 4) is 0 Å². The van der Waals surface area contributed by atoms with Crippen LogP contribution in [0.3, 0.4) is 0 Å². The van der Waals surface area contributed by atoms with E-state index in [-0.39, 0.29) is 6.10 Å². The van der Waals surface area contributed by atoms with E-state index in [1.54, 1.807) is 12.1 Å². The Morgan fingerprint density at radius 3 is 2.53 bits per heavy atom. The molecule has 0 spiro atoms. The minimum atomic E-state index is -0.543. The van der Waals surface area contributed by atoms with Crippen molar-refractivity contribution in [1.29, 1.82) is 0 Å². The van der Waals surface area contributed by atoms with Gasteiger partial charge in [-0.2, -0.15) is 0 Å². The topological polar surface area (TPSA) is 29.5 Å².